The smallest absolute Gasteiger partial charge is 0.0213 e. The van der Waals surface area contributed by atoms with E-state index in [1.807, 2.05) is 0 Å². The highest BCUT2D eigenvalue weighted by Gasteiger charge is 2.23. The zero-order valence-corrected chi connectivity index (χ0v) is 11.4. The molecule has 0 radical (unpaired) electrons. The van der Waals surface area contributed by atoms with Gasteiger partial charge in [-0.3, -0.25) is 0 Å². The van der Waals surface area contributed by atoms with E-state index < -0.39 is 0 Å². The van der Waals surface area contributed by atoms with Crippen LogP contribution >= 0.6 is 15.9 Å². The Bertz CT molecular complexity index is 469. The summed E-state index contributed by atoms with van der Waals surface area (Å²) in [6, 6.07) is 2.36. The number of fused-ring (bicyclic) bond motifs is 3. The number of rotatable bonds is 1. The molecule has 0 saturated carbocycles. The van der Waals surface area contributed by atoms with Gasteiger partial charge in [-0.25, -0.2) is 0 Å². The van der Waals surface area contributed by atoms with Crippen molar-refractivity contribution in [2.45, 2.75) is 45.4 Å². The van der Waals surface area contributed by atoms with E-state index in [0.29, 0.717) is 0 Å². The highest BCUT2D eigenvalue weighted by molar-refractivity contribution is 9.10. The molecule has 0 aromatic heterocycles. The lowest BCUT2D eigenvalue weighted by molar-refractivity contribution is 0.681. The minimum Gasteiger partial charge on any atom is -0.0763 e. The zero-order valence-electron chi connectivity index (χ0n) is 9.78. The van der Waals surface area contributed by atoms with Gasteiger partial charge >= 0.3 is 0 Å². The van der Waals surface area contributed by atoms with Crippen molar-refractivity contribution in [2.75, 3.05) is 0 Å². The van der Waals surface area contributed by atoms with Crippen molar-refractivity contribution < 1.29 is 0 Å². The summed E-state index contributed by atoms with van der Waals surface area (Å²) in [7, 11) is 0. The van der Waals surface area contributed by atoms with E-state index in [9.17, 15) is 0 Å². The molecule has 84 valence electrons. The van der Waals surface area contributed by atoms with Crippen LogP contribution in [0.4, 0.5) is 0 Å². The molecule has 0 nitrogen and oxygen atoms in total. The summed E-state index contributed by atoms with van der Waals surface area (Å²) in [4.78, 5) is 0. The normalized spacial score (nSPS) is 18.0. The number of benzene rings is 1. The molecule has 0 N–H and O–H groups in total. The first kappa shape index (κ1) is 10.6. The van der Waals surface area contributed by atoms with Gasteiger partial charge in [0.1, 0.15) is 0 Å². The Balaban J connectivity index is 2.22. The van der Waals surface area contributed by atoms with Crippen molar-refractivity contribution in [3.05, 3.63) is 38.9 Å². The Morgan fingerprint density at radius 3 is 2.69 bits per heavy atom. The predicted octanol–water partition coefficient (Wildman–Crippen LogP) is 4.68. The van der Waals surface area contributed by atoms with Gasteiger partial charge in [0.15, 0.2) is 0 Å². The molecule has 3 rings (SSSR count). The van der Waals surface area contributed by atoms with Gasteiger partial charge in [0.2, 0.25) is 0 Å². The molecular weight excluding hydrogens is 260 g/mol. The molecule has 0 heterocycles. The molecule has 0 bridgehead atoms. The lowest BCUT2D eigenvalue weighted by Gasteiger charge is -2.22. The van der Waals surface area contributed by atoms with Gasteiger partial charge in [-0.05, 0) is 72.4 Å². The van der Waals surface area contributed by atoms with Gasteiger partial charge in [0, 0.05) is 4.47 Å². The largest absolute Gasteiger partial charge is 0.0763 e. The minimum atomic E-state index is 1.14. The van der Waals surface area contributed by atoms with Crippen molar-refractivity contribution in [2.24, 2.45) is 0 Å². The van der Waals surface area contributed by atoms with E-state index >= 15 is 0 Å². The second kappa shape index (κ2) is 4.03. The van der Waals surface area contributed by atoms with Crippen molar-refractivity contribution >= 4 is 21.5 Å². The van der Waals surface area contributed by atoms with Gasteiger partial charge in [0.05, 0.1) is 0 Å². The van der Waals surface area contributed by atoms with Gasteiger partial charge in [-0.1, -0.05) is 28.9 Å². The second-order valence-electron chi connectivity index (χ2n) is 4.84. The maximum Gasteiger partial charge on any atom is 0.0213 e. The van der Waals surface area contributed by atoms with E-state index in [1.54, 1.807) is 27.8 Å². The van der Waals surface area contributed by atoms with Crippen LogP contribution in [0.3, 0.4) is 0 Å². The van der Waals surface area contributed by atoms with Gasteiger partial charge in [-0.2, -0.15) is 0 Å². The van der Waals surface area contributed by atoms with Crippen LogP contribution in [0.5, 0.6) is 0 Å². The van der Waals surface area contributed by atoms with Gasteiger partial charge < -0.3 is 0 Å². The molecular formula is C15H17Br. The summed E-state index contributed by atoms with van der Waals surface area (Å²) in [6.45, 7) is 2.28. The average Bonchev–Trinajstić information content (AvgIpc) is 2.72. The summed E-state index contributed by atoms with van der Waals surface area (Å²) in [5, 5.41) is 0. The minimum absolute atomic E-state index is 1.14. The lowest BCUT2D eigenvalue weighted by atomic mass is 9.84. The molecule has 0 atom stereocenters. The van der Waals surface area contributed by atoms with Crippen molar-refractivity contribution in [1.82, 2.24) is 0 Å². The number of halogens is 1. The lowest BCUT2D eigenvalue weighted by Crippen LogP contribution is -2.08. The van der Waals surface area contributed by atoms with E-state index in [0.717, 1.165) is 6.42 Å². The number of hydrogen-bond acceptors (Lipinski definition) is 0. The van der Waals surface area contributed by atoms with Crippen molar-refractivity contribution in [3.8, 4) is 0 Å². The quantitative estimate of drug-likeness (QED) is 0.699. The first-order chi connectivity index (χ1) is 7.81. The summed E-state index contributed by atoms with van der Waals surface area (Å²) < 4.78 is 1.35. The Kier molecular flexibility index (Phi) is 2.67. The van der Waals surface area contributed by atoms with Gasteiger partial charge in [-0.15, -0.1) is 0 Å². The highest BCUT2D eigenvalue weighted by Crippen LogP contribution is 2.40. The summed E-state index contributed by atoms with van der Waals surface area (Å²) in [5.74, 6) is 0. The number of allylic oxidation sites excluding steroid dienone is 2. The van der Waals surface area contributed by atoms with Crippen molar-refractivity contribution in [1.29, 1.82) is 0 Å². The maximum absolute atomic E-state index is 3.75. The molecule has 1 aromatic rings. The summed E-state index contributed by atoms with van der Waals surface area (Å²) >= 11 is 3.75. The van der Waals surface area contributed by atoms with Gasteiger partial charge in [0.25, 0.3) is 0 Å². The van der Waals surface area contributed by atoms with Crippen LogP contribution in [-0.2, 0) is 19.3 Å². The molecule has 16 heavy (non-hydrogen) atoms. The fraction of sp³-hybridized carbons (Fsp3) is 0.467. The van der Waals surface area contributed by atoms with E-state index in [4.69, 9.17) is 0 Å². The van der Waals surface area contributed by atoms with E-state index in [2.05, 4.69) is 35.0 Å². The Hall–Kier alpha value is -0.560. The molecule has 2 aliphatic carbocycles. The molecule has 1 aromatic carbocycles. The molecule has 0 spiro atoms. The van der Waals surface area contributed by atoms with Crippen LogP contribution in [0.1, 0.15) is 48.4 Å². The van der Waals surface area contributed by atoms with Crippen LogP contribution in [-0.4, -0.2) is 0 Å². The third kappa shape index (κ3) is 1.48. The average molecular weight is 277 g/mol. The zero-order chi connectivity index (χ0) is 11.1. The van der Waals surface area contributed by atoms with Crippen molar-refractivity contribution in [3.63, 3.8) is 0 Å². The first-order valence-corrected chi connectivity index (χ1v) is 7.13. The summed E-state index contributed by atoms with van der Waals surface area (Å²) in [5.41, 5.74) is 7.98. The highest BCUT2D eigenvalue weighted by atomic mass is 79.9. The van der Waals surface area contributed by atoms with Crippen LogP contribution in [0.25, 0.3) is 5.57 Å². The van der Waals surface area contributed by atoms with Crippen LogP contribution in [0.2, 0.25) is 0 Å². The SMILES string of the molecule is CCC1=CCc2cc(Br)c3c(c21)CCCC3. The maximum atomic E-state index is 3.75. The topological polar surface area (TPSA) is 0 Å². The predicted molar refractivity (Wildman–Crippen MR) is 72.8 cm³/mol. The van der Waals surface area contributed by atoms with Crippen LogP contribution in [0, 0.1) is 0 Å². The second-order valence-corrected chi connectivity index (χ2v) is 5.70. The molecule has 0 saturated heterocycles. The Morgan fingerprint density at radius 1 is 1.19 bits per heavy atom. The standard InChI is InChI=1S/C15H17Br/c1-2-10-7-8-11-9-14(16)12-5-3-4-6-13(12)15(10)11/h7,9H,2-6,8H2,1H3. The molecule has 0 amide bonds. The molecule has 1 heteroatoms. The summed E-state index contributed by atoms with van der Waals surface area (Å²) in [6.07, 6.45) is 10.0. The van der Waals surface area contributed by atoms with E-state index in [1.165, 1.54) is 36.6 Å². The monoisotopic (exact) mass is 276 g/mol. The Morgan fingerprint density at radius 2 is 1.94 bits per heavy atom. The molecule has 0 unspecified atom stereocenters. The third-order valence-corrected chi connectivity index (χ3v) is 4.66. The number of hydrogen-bond donors (Lipinski definition) is 0. The molecule has 0 fully saturated rings. The third-order valence-electron chi connectivity index (χ3n) is 3.95. The molecule has 2 aliphatic rings. The van der Waals surface area contributed by atoms with Crippen LogP contribution < -0.4 is 0 Å². The van der Waals surface area contributed by atoms with E-state index in [-0.39, 0.29) is 0 Å². The molecule has 0 aliphatic heterocycles. The fourth-order valence-electron chi connectivity index (χ4n) is 3.17. The van der Waals surface area contributed by atoms with Crippen LogP contribution in [0.15, 0.2) is 16.6 Å². The Labute approximate surface area is 106 Å². The first-order valence-electron chi connectivity index (χ1n) is 6.33. The fourth-order valence-corrected chi connectivity index (χ4v) is 3.88.